The number of nitrogens with zero attached hydrogens (tertiary/aromatic N) is 2. The van der Waals surface area contributed by atoms with Crippen molar-refractivity contribution in [2.45, 2.75) is 65.0 Å². The van der Waals surface area contributed by atoms with E-state index < -0.39 is 0 Å². The van der Waals surface area contributed by atoms with Gasteiger partial charge in [-0.1, -0.05) is 39.2 Å². The molecule has 1 heterocycles. The van der Waals surface area contributed by atoms with Gasteiger partial charge in [0.15, 0.2) is 0 Å². The van der Waals surface area contributed by atoms with Crippen LogP contribution in [0.3, 0.4) is 0 Å². The van der Waals surface area contributed by atoms with E-state index in [1.54, 1.807) is 0 Å². The average molecular weight is 275 g/mol. The third-order valence-corrected chi connectivity index (χ3v) is 4.30. The first kappa shape index (κ1) is 15.3. The summed E-state index contributed by atoms with van der Waals surface area (Å²) in [4.78, 5) is 7.14. The summed E-state index contributed by atoms with van der Waals surface area (Å²) in [6.45, 7) is 7.63. The van der Waals surface area contributed by atoms with Gasteiger partial charge >= 0.3 is 0 Å². The Bertz CT molecular complexity index is 386. The summed E-state index contributed by atoms with van der Waals surface area (Å²) in [7, 11) is 0. The van der Waals surface area contributed by atoms with Crippen molar-refractivity contribution in [1.29, 1.82) is 0 Å². The Balaban J connectivity index is 2.02. The van der Waals surface area contributed by atoms with E-state index >= 15 is 0 Å². The van der Waals surface area contributed by atoms with Gasteiger partial charge in [0, 0.05) is 30.9 Å². The predicted molar refractivity (Wildman–Crippen MR) is 86.0 cm³/mol. The predicted octanol–water partition coefficient (Wildman–Crippen LogP) is 4.06. The number of nitrogens with one attached hydrogen (secondary N) is 1. The molecular formula is C17H29N3. The van der Waals surface area contributed by atoms with Crippen molar-refractivity contribution in [3.63, 3.8) is 0 Å². The normalized spacial score (nSPS) is 16.6. The summed E-state index contributed by atoms with van der Waals surface area (Å²) in [5.74, 6) is 1.07. The van der Waals surface area contributed by atoms with E-state index in [2.05, 4.69) is 41.2 Å². The fraction of sp³-hybridized carbons (Fsp3) is 0.706. The van der Waals surface area contributed by atoms with E-state index in [4.69, 9.17) is 0 Å². The molecule has 0 saturated heterocycles. The van der Waals surface area contributed by atoms with Gasteiger partial charge in [-0.3, -0.25) is 4.90 Å². The van der Waals surface area contributed by atoms with Crippen LogP contribution in [0.5, 0.6) is 0 Å². The van der Waals surface area contributed by atoms with Gasteiger partial charge in [0.05, 0.1) is 0 Å². The molecule has 0 radical (unpaired) electrons. The van der Waals surface area contributed by atoms with Crippen LogP contribution in [0.1, 0.15) is 57.9 Å². The Kier molecular flexibility index (Phi) is 6.31. The molecule has 1 aromatic rings. The second kappa shape index (κ2) is 8.25. The van der Waals surface area contributed by atoms with Crippen molar-refractivity contribution in [1.82, 2.24) is 9.88 Å². The minimum Gasteiger partial charge on any atom is -0.370 e. The first-order chi connectivity index (χ1) is 9.85. The summed E-state index contributed by atoms with van der Waals surface area (Å²) >= 11 is 0. The molecule has 0 bridgehead atoms. The lowest BCUT2D eigenvalue weighted by atomic mass is 9.94. The van der Waals surface area contributed by atoms with Crippen molar-refractivity contribution in [3.8, 4) is 0 Å². The number of hydrogen-bond donors (Lipinski definition) is 1. The van der Waals surface area contributed by atoms with E-state index in [9.17, 15) is 0 Å². The molecule has 1 aliphatic carbocycles. The molecule has 0 spiro atoms. The summed E-state index contributed by atoms with van der Waals surface area (Å²) in [5.41, 5.74) is 1.34. The Morgan fingerprint density at radius 2 is 2.05 bits per heavy atom. The smallest absolute Gasteiger partial charge is 0.130 e. The van der Waals surface area contributed by atoms with Gasteiger partial charge < -0.3 is 5.32 Å². The second-order valence-electron chi connectivity index (χ2n) is 5.79. The molecule has 0 unspecified atom stereocenters. The molecular weight excluding hydrogens is 246 g/mol. The Labute approximate surface area is 123 Å². The quantitative estimate of drug-likeness (QED) is 0.813. The maximum absolute atomic E-state index is 4.51. The molecule has 20 heavy (non-hydrogen) atoms. The summed E-state index contributed by atoms with van der Waals surface area (Å²) in [6.07, 6.45) is 9.97. The molecule has 1 saturated carbocycles. The van der Waals surface area contributed by atoms with Gasteiger partial charge in [-0.25, -0.2) is 4.98 Å². The highest BCUT2D eigenvalue weighted by Gasteiger charge is 2.20. The molecule has 112 valence electrons. The van der Waals surface area contributed by atoms with E-state index in [1.165, 1.54) is 37.7 Å². The van der Waals surface area contributed by atoms with Gasteiger partial charge in [-0.15, -0.1) is 0 Å². The fourth-order valence-corrected chi connectivity index (χ4v) is 3.13. The minimum atomic E-state index is 0.771. The summed E-state index contributed by atoms with van der Waals surface area (Å²) in [6, 6.07) is 5.05. The SMILES string of the molecule is CCCNc1ncccc1CN(CC)C1CCCCC1. The highest BCUT2D eigenvalue weighted by Crippen LogP contribution is 2.25. The molecule has 3 heteroatoms. The zero-order chi connectivity index (χ0) is 14.2. The monoisotopic (exact) mass is 275 g/mol. The van der Waals surface area contributed by atoms with Crippen molar-refractivity contribution in [2.24, 2.45) is 0 Å². The largest absolute Gasteiger partial charge is 0.370 e. The minimum absolute atomic E-state index is 0.771. The number of pyridine rings is 1. The van der Waals surface area contributed by atoms with Crippen LogP contribution >= 0.6 is 0 Å². The molecule has 1 N–H and O–H groups in total. The van der Waals surface area contributed by atoms with E-state index in [0.29, 0.717) is 0 Å². The molecule has 1 fully saturated rings. The van der Waals surface area contributed by atoms with Crippen LogP contribution in [-0.4, -0.2) is 29.0 Å². The molecule has 2 rings (SSSR count). The Morgan fingerprint density at radius 1 is 1.25 bits per heavy atom. The van der Waals surface area contributed by atoms with Crippen LogP contribution in [0.25, 0.3) is 0 Å². The average Bonchev–Trinajstić information content (AvgIpc) is 2.52. The van der Waals surface area contributed by atoms with E-state index in [0.717, 1.165) is 37.9 Å². The number of anilines is 1. The zero-order valence-electron chi connectivity index (χ0n) is 13.1. The van der Waals surface area contributed by atoms with Crippen molar-refractivity contribution >= 4 is 5.82 Å². The van der Waals surface area contributed by atoms with E-state index in [1.807, 2.05) is 6.20 Å². The molecule has 0 atom stereocenters. The topological polar surface area (TPSA) is 28.2 Å². The molecule has 0 aromatic carbocycles. The van der Waals surface area contributed by atoms with Gasteiger partial charge in [-0.2, -0.15) is 0 Å². The third kappa shape index (κ3) is 4.20. The Hall–Kier alpha value is -1.09. The summed E-state index contributed by atoms with van der Waals surface area (Å²) in [5, 5.41) is 3.46. The van der Waals surface area contributed by atoms with Crippen LogP contribution in [0.2, 0.25) is 0 Å². The lowest BCUT2D eigenvalue weighted by molar-refractivity contribution is 0.156. The first-order valence-corrected chi connectivity index (χ1v) is 8.27. The van der Waals surface area contributed by atoms with Crippen molar-refractivity contribution in [3.05, 3.63) is 23.9 Å². The maximum atomic E-state index is 4.51. The molecule has 1 aromatic heterocycles. The fourth-order valence-electron chi connectivity index (χ4n) is 3.13. The van der Waals surface area contributed by atoms with Crippen LogP contribution in [0, 0.1) is 0 Å². The lowest BCUT2D eigenvalue weighted by Crippen LogP contribution is -2.36. The number of aromatic nitrogens is 1. The van der Waals surface area contributed by atoms with Crippen molar-refractivity contribution in [2.75, 3.05) is 18.4 Å². The first-order valence-electron chi connectivity index (χ1n) is 8.27. The molecule has 1 aliphatic rings. The van der Waals surface area contributed by atoms with E-state index in [-0.39, 0.29) is 0 Å². The van der Waals surface area contributed by atoms with Gasteiger partial charge in [0.2, 0.25) is 0 Å². The molecule has 0 amide bonds. The van der Waals surface area contributed by atoms with Crippen LogP contribution in [0.15, 0.2) is 18.3 Å². The zero-order valence-corrected chi connectivity index (χ0v) is 13.1. The number of hydrogen-bond acceptors (Lipinski definition) is 3. The van der Waals surface area contributed by atoms with Gasteiger partial charge in [0.25, 0.3) is 0 Å². The molecule has 0 aliphatic heterocycles. The summed E-state index contributed by atoms with van der Waals surface area (Å²) < 4.78 is 0. The highest BCUT2D eigenvalue weighted by atomic mass is 15.2. The highest BCUT2D eigenvalue weighted by molar-refractivity contribution is 5.43. The maximum Gasteiger partial charge on any atom is 0.130 e. The van der Waals surface area contributed by atoms with Gasteiger partial charge in [0.1, 0.15) is 5.82 Å². The Morgan fingerprint density at radius 3 is 2.75 bits per heavy atom. The van der Waals surface area contributed by atoms with Crippen molar-refractivity contribution < 1.29 is 0 Å². The van der Waals surface area contributed by atoms with Crippen LogP contribution < -0.4 is 5.32 Å². The third-order valence-electron chi connectivity index (χ3n) is 4.30. The number of rotatable bonds is 7. The second-order valence-corrected chi connectivity index (χ2v) is 5.79. The van der Waals surface area contributed by atoms with Crippen LogP contribution in [0.4, 0.5) is 5.82 Å². The van der Waals surface area contributed by atoms with Gasteiger partial charge in [-0.05, 0) is 31.9 Å². The molecule has 3 nitrogen and oxygen atoms in total. The lowest BCUT2D eigenvalue weighted by Gasteiger charge is -2.33. The standard InChI is InChI=1S/C17H29N3/c1-3-12-18-17-15(9-8-13-19-17)14-20(4-2)16-10-6-5-7-11-16/h8-9,13,16H,3-7,10-12,14H2,1-2H3,(H,18,19). The van der Waals surface area contributed by atoms with Crippen LogP contribution in [-0.2, 0) is 6.54 Å².